The van der Waals surface area contributed by atoms with E-state index < -0.39 is 0 Å². The second-order valence-electron chi connectivity index (χ2n) is 7.06. The molecule has 2 rings (SSSR count). The first-order valence-electron chi connectivity index (χ1n) is 9.01. The van der Waals surface area contributed by atoms with Gasteiger partial charge in [-0.05, 0) is 45.5 Å². The highest BCUT2D eigenvalue weighted by Gasteiger charge is 2.12. The number of nitrogens with one attached hydrogen (secondary N) is 1. The quantitative estimate of drug-likeness (QED) is 0.767. The van der Waals surface area contributed by atoms with Crippen molar-refractivity contribution in [2.24, 2.45) is 0 Å². The maximum Gasteiger partial charge on any atom is 0.225 e. The van der Waals surface area contributed by atoms with Gasteiger partial charge in [0.15, 0.2) is 0 Å². The van der Waals surface area contributed by atoms with Crippen LogP contribution in [-0.2, 0) is 13.0 Å². The molecule has 136 valence electrons. The van der Waals surface area contributed by atoms with Crippen LogP contribution in [-0.4, -0.2) is 35.0 Å². The number of aryl methyl sites for hydroxylation is 1. The topological polar surface area (TPSA) is 67.1 Å². The molecule has 5 heteroatoms. The lowest BCUT2D eigenvalue weighted by atomic mass is 10.0. The lowest BCUT2D eigenvalue weighted by Gasteiger charge is -2.16. The van der Waals surface area contributed by atoms with Gasteiger partial charge in [-0.25, -0.2) is 4.98 Å². The molecule has 2 aromatic rings. The van der Waals surface area contributed by atoms with Gasteiger partial charge in [-0.15, -0.1) is 0 Å². The molecule has 1 unspecified atom stereocenters. The van der Waals surface area contributed by atoms with Gasteiger partial charge in [-0.2, -0.15) is 4.98 Å². The van der Waals surface area contributed by atoms with E-state index in [0.29, 0.717) is 17.8 Å². The molecule has 0 spiro atoms. The van der Waals surface area contributed by atoms with Crippen molar-refractivity contribution < 1.29 is 0 Å². The van der Waals surface area contributed by atoms with Crippen LogP contribution in [0.5, 0.6) is 0 Å². The number of aromatic nitrogens is 2. The maximum absolute atomic E-state index is 6.24. The van der Waals surface area contributed by atoms with Crippen molar-refractivity contribution >= 4 is 11.8 Å². The number of benzene rings is 1. The number of anilines is 2. The third-order valence-electron chi connectivity index (χ3n) is 4.21. The predicted octanol–water partition coefficient (Wildman–Crippen LogP) is 3.62. The fourth-order valence-electron chi connectivity index (χ4n) is 3.03. The Bertz CT molecular complexity index is 673. The van der Waals surface area contributed by atoms with Crippen LogP contribution in [0.2, 0.25) is 0 Å². The summed E-state index contributed by atoms with van der Waals surface area (Å²) in [6, 6.07) is 8.96. The number of hydrogen-bond acceptors (Lipinski definition) is 5. The standard InChI is InChI=1S/C20H31N5/c1-6-8-14(2)22-20-23-15(3)18(19(21)24-20)12-16-9-7-10-17(11-16)13-25(4)5/h7,9-11,14H,6,8,12-13H2,1-5H3,(H3,21,22,23,24). The molecular weight excluding hydrogens is 310 g/mol. The highest BCUT2D eigenvalue weighted by molar-refractivity contribution is 5.49. The Morgan fingerprint density at radius 3 is 2.56 bits per heavy atom. The molecule has 0 aliphatic rings. The van der Waals surface area contributed by atoms with Gasteiger partial charge in [0.05, 0.1) is 0 Å². The van der Waals surface area contributed by atoms with Crippen molar-refractivity contribution in [3.63, 3.8) is 0 Å². The van der Waals surface area contributed by atoms with Gasteiger partial charge in [-0.3, -0.25) is 0 Å². The van der Waals surface area contributed by atoms with E-state index in [2.05, 4.69) is 72.4 Å². The van der Waals surface area contributed by atoms with Gasteiger partial charge in [0.25, 0.3) is 0 Å². The average Bonchev–Trinajstić information content (AvgIpc) is 2.51. The molecule has 0 saturated heterocycles. The minimum absolute atomic E-state index is 0.345. The van der Waals surface area contributed by atoms with Crippen LogP contribution in [0.3, 0.4) is 0 Å². The van der Waals surface area contributed by atoms with Gasteiger partial charge < -0.3 is 16.0 Å². The number of nitrogen functional groups attached to an aromatic ring is 1. The highest BCUT2D eigenvalue weighted by Crippen LogP contribution is 2.21. The number of nitrogens with two attached hydrogens (primary N) is 1. The van der Waals surface area contributed by atoms with Gasteiger partial charge in [0.1, 0.15) is 5.82 Å². The average molecular weight is 342 g/mol. The lowest BCUT2D eigenvalue weighted by molar-refractivity contribution is 0.402. The Morgan fingerprint density at radius 2 is 1.92 bits per heavy atom. The van der Waals surface area contributed by atoms with Crippen molar-refractivity contribution in [1.29, 1.82) is 0 Å². The number of nitrogens with zero attached hydrogens (tertiary/aromatic N) is 3. The predicted molar refractivity (Wildman–Crippen MR) is 106 cm³/mol. The zero-order chi connectivity index (χ0) is 18.4. The normalized spacial score (nSPS) is 12.4. The number of rotatable bonds is 8. The molecule has 0 amide bonds. The largest absolute Gasteiger partial charge is 0.383 e. The van der Waals surface area contributed by atoms with E-state index in [-0.39, 0.29) is 0 Å². The lowest BCUT2D eigenvalue weighted by Crippen LogP contribution is -2.18. The van der Waals surface area contributed by atoms with Crippen molar-refractivity contribution in [3.8, 4) is 0 Å². The summed E-state index contributed by atoms with van der Waals surface area (Å²) >= 11 is 0. The van der Waals surface area contributed by atoms with Crippen LogP contribution in [0.4, 0.5) is 11.8 Å². The van der Waals surface area contributed by atoms with Gasteiger partial charge >= 0.3 is 0 Å². The van der Waals surface area contributed by atoms with E-state index in [1.807, 2.05) is 6.92 Å². The Labute approximate surface area is 151 Å². The third kappa shape index (κ3) is 5.71. The molecule has 0 radical (unpaired) electrons. The van der Waals surface area contributed by atoms with Crippen LogP contribution in [0.1, 0.15) is 49.1 Å². The minimum atomic E-state index is 0.345. The smallest absolute Gasteiger partial charge is 0.225 e. The summed E-state index contributed by atoms with van der Waals surface area (Å²) < 4.78 is 0. The molecule has 0 aliphatic heterocycles. The summed E-state index contributed by atoms with van der Waals surface area (Å²) in [5.41, 5.74) is 10.7. The number of hydrogen-bond donors (Lipinski definition) is 2. The SMILES string of the molecule is CCCC(C)Nc1nc(C)c(Cc2cccc(CN(C)C)c2)c(N)n1. The molecule has 3 N–H and O–H groups in total. The van der Waals surface area contributed by atoms with Crippen molar-refractivity contribution in [2.75, 3.05) is 25.1 Å². The fourth-order valence-corrected chi connectivity index (χ4v) is 3.03. The van der Waals surface area contributed by atoms with E-state index >= 15 is 0 Å². The van der Waals surface area contributed by atoms with Crippen LogP contribution in [0.25, 0.3) is 0 Å². The second kappa shape index (κ2) is 8.81. The van der Waals surface area contributed by atoms with E-state index in [1.54, 1.807) is 0 Å². The van der Waals surface area contributed by atoms with Crippen molar-refractivity contribution in [2.45, 2.75) is 52.6 Å². The maximum atomic E-state index is 6.24. The molecule has 0 bridgehead atoms. The van der Waals surface area contributed by atoms with E-state index in [1.165, 1.54) is 11.1 Å². The molecule has 1 aromatic heterocycles. The summed E-state index contributed by atoms with van der Waals surface area (Å²) in [7, 11) is 4.15. The van der Waals surface area contributed by atoms with Crippen molar-refractivity contribution in [1.82, 2.24) is 14.9 Å². The molecule has 1 aromatic carbocycles. The molecule has 1 atom stereocenters. The molecule has 1 heterocycles. The first-order valence-corrected chi connectivity index (χ1v) is 9.01. The zero-order valence-electron chi connectivity index (χ0n) is 16.1. The molecule has 0 saturated carbocycles. The van der Waals surface area contributed by atoms with Gasteiger partial charge in [0, 0.05) is 30.3 Å². The Hall–Kier alpha value is -2.14. The van der Waals surface area contributed by atoms with Gasteiger partial charge in [-0.1, -0.05) is 37.6 Å². The molecule has 5 nitrogen and oxygen atoms in total. The minimum Gasteiger partial charge on any atom is -0.383 e. The monoisotopic (exact) mass is 341 g/mol. The summed E-state index contributed by atoms with van der Waals surface area (Å²) in [6.45, 7) is 7.25. The third-order valence-corrected chi connectivity index (χ3v) is 4.21. The first-order chi connectivity index (χ1) is 11.9. The van der Waals surface area contributed by atoms with Crippen LogP contribution < -0.4 is 11.1 Å². The second-order valence-corrected chi connectivity index (χ2v) is 7.06. The van der Waals surface area contributed by atoms with Gasteiger partial charge in [0.2, 0.25) is 5.95 Å². The van der Waals surface area contributed by atoms with Crippen LogP contribution in [0, 0.1) is 6.92 Å². The fraction of sp³-hybridized carbons (Fsp3) is 0.500. The summed E-state index contributed by atoms with van der Waals surface area (Å²) in [6.07, 6.45) is 2.97. The Balaban J connectivity index is 2.17. The van der Waals surface area contributed by atoms with E-state index in [0.717, 1.165) is 37.1 Å². The molecule has 25 heavy (non-hydrogen) atoms. The van der Waals surface area contributed by atoms with E-state index in [4.69, 9.17) is 5.73 Å². The summed E-state index contributed by atoms with van der Waals surface area (Å²) in [5.74, 6) is 1.19. The molecule has 0 fully saturated rings. The Morgan fingerprint density at radius 1 is 1.20 bits per heavy atom. The van der Waals surface area contributed by atoms with Crippen molar-refractivity contribution in [3.05, 3.63) is 46.6 Å². The van der Waals surface area contributed by atoms with E-state index in [9.17, 15) is 0 Å². The Kier molecular flexibility index (Phi) is 6.76. The molecule has 0 aliphatic carbocycles. The van der Waals surface area contributed by atoms with Crippen LogP contribution >= 0.6 is 0 Å². The summed E-state index contributed by atoms with van der Waals surface area (Å²) in [4.78, 5) is 11.2. The molecular formula is C20H31N5. The summed E-state index contributed by atoms with van der Waals surface area (Å²) in [5, 5.41) is 3.34. The van der Waals surface area contributed by atoms with Crippen LogP contribution in [0.15, 0.2) is 24.3 Å². The first kappa shape index (κ1) is 19.2. The zero-order valence-corrected chi connectivity index (χ0v) is 16.1. The highest BCUT2D eigenvalue weighted by atomic mass is 15.1.